The van der Waals surface area contributed by atoms with Crippen molar-refractivity contribution in [2.75, 3.05) is 12.4 Å². The van der Waals surface area contributed by atoms with Gasteiger partial charge in [0.15, 0.2) is 0 Å². The zero-order chi connectivity index (χ0) is 16.1. The van der Waals surface area contributed by atoms with Gasteiger partial charge in [-0.15, -0.1) is 0 Å². The Morgan fingerprint density at radius 1 is 1.59 bits per heavy atom. The van der Waals surface area contributed by atoms with Crippen LogP contribution < -0.4 is 5.32 Å². The van der Waals surface area contributed by atoms with Crippen LogP contribution in [0.5, 0.6) is 0 Å². The first-order chi connectivity index (χ1) is 10.5. The quantitative estimate of drug-likeness (QED) is 0.836. The number of ether oxygens (including phenoxy) is 1. The fraction of sp³-hybridized carbons (Fsp3) is 0.400. The van der Waals surface area contributed by atoms with E-state index >= 15 is 0 Å². The first-order valence-corrected chi connectivity index (χ1v) is 7.82. The molecule has 1 atom stereocenters. The van der Waals surface area contributed by atoms with E-state index in [1.807, 2.05) is 0 Å². The summed E-state index contributed by atoms with van der Waals surface area (Å²) in [6, 6.07) is 5.68. The summed E-state index contributed by atoms with van der Waals surface area (Å²) in [5, 5.41) is 12.5. The van der Waals surface area contributed by atoms with Crippen molar-refractivity contribution in [3.05, 3.63) is 34.3 Å². The summed E-state index contributed by atoms with van der Waals surface area (Å²) in [5.74, 6) is 0.333. The average molecular weight is 320 g/mol. The minimum absolute atomic E-state index is 0.0402. The van der Waals surface area contributed by atoms with Crippen molar-refractivity contribution in [3.63, 3.8) is 0 Å². The van der Waals surface area contributed by atoms with Gasteiger partial charge in [-0.1, -0.05) is 11.8 Å². The molecule has 0 saturated heterocycles. The zero-order valence-corrected chi connectivity index (χ0v) is 13.2. The fourth-order valence-electron chi connectivity index (χ4n) is 2.15. The standard InChI is InChI=1S/C15H16N2O4S/c1-3-20-14(19)8-22-15-11(7-16)10(6-13(18)17-15)12-5-4-9(2)21-12/h4-5,10H,3,6,8H2,1-2H3,(H,17,18)/t10-/m0/s1. The number of allylic oxidation sites excluding steroid dienone is 1. The third-order valence-electron chi connectivity index (χ3n) is 3.10. The Bertz CT molecular complexity index is 657. The largest absolute Gasteiger partial charge is 0.466 e. The summed E-state index contributed by atoms with van der Waals surface area (Å²) in [4.78, 5) is 23.3. The smallest absolute Gasteiger partial charge is 0.316 e. The van der Waals surface area contributed by atoms with Gasteiger partial charge in [0.25, 0.3) is 0 Å². The lowest BCUT2D eigenvalue weighted by Gasteiger charge is -2.23. The molecule has 0 bridgehead atoms. The Hall–Kier alpha value is -2.20. The molecular weight excluding hydrogens is 304 g/mol. The van der Waals surface area contributed by atoms with Crippen LogP contribution in [0.3, 0.4) is 0 Å². The molecule has 0 spiro atoms. The molecule has 0 aliphatic carbocycles. The van der Waals surface area contributed by atoms with Crippen LogP contribution in [0, 0.1) is 18.3 Å². The lowest BCUT2D eigenvalue weighted by Crippen LogP contribution is -2.31. The molecule has 1 N–H and O–H groups in total. The lowest BCUT2D eigenvalue weighted by molar-refractivity contribution is -0.139. The van der Waals surface area contributed by atoms with E-state index in [4.69, 9.17) is 9.15 Å². The molecule has 0 radical (unpaired) electrons. The average Bonchev–Trinajstić information content (AvgIpc) is 2.91. The molecule has 2 heterocycles. The first-order valence-electron chi connectivity index (χ1n) is 6.84. The molecule has 1 aromatic heterocycles. The van der Waals surface area contributed by atoms with Crippen molar-refractivity contribution in [3.8, 4) is 6.07 Å². The topological polar surface area (TPSA) is 92.3 Å². The molecule has 0 unspecified atom stereocenters. The second-order valence-electron chi connectivity index (χ2n) is 4.70. The van der Waals surface area contributed by atoms with Crippen molar-refractivity contribution < 1.29 is 18.7 Å². The van der Waals surface area contributed by atoms with Crippen LogP contribution in [0.1, 0.15) is 30.8 Å². The minimum Gasteiger partial charge on any atom is -0.466 e. The summed E-state index contributed by atoms with van der Waals surface area (Å²) >= 11 is 1.10. The number of carbonyl (C=O) groups is 2. The highest BCUT2D eigenvalue weighted by Gasteiger charge is 2.31. The second kappa shape index (κ2) is 7.18. The number of furan rings is 1. The highest BCUT2D eigenvalue weighted by atomic mass is 32.2. The van der Waals surface area contributed by atoms with Gasteiger partial charge in [-0.25, -0.2) is 0 Å². The number of rotatable bonds is 5. The molecule has 1 aromatic rings. The fourth-order valence-corrected chi connectivity index (χ4v) is 3.03. The maximum Gasteiger partial charge on any atom is 0.316 e. The Labute approximate surface area is 132 Å². The van der Waals surface area contributed by atoms with Crippen molar-refractivity contribution in [2.45, 2.75) is 26.2 Å². The van der Waals surface area contributed by atoms with Crippen molar-refractivity contribution in [1.29, 1.82) is 5.26 Å². The molecule has 0 fully saturated rings. The lowest BCUT2D eigenvalue weighted by atomic mass is 9.92. The first kappa shape index (κ1) is 16.2. The summed E-state index contributed by atoms with van der Waals surface area (Å²) in [6.45, 7) is 3.82. The highest BCUT2D eigenvalue weighted by Crippen LogP contribution is 2.36. The second-order valence-corrected chi connectivity index (χ2v) is 5.69. The Morgan fingerprint density at radius 3 is 2.95 bits per heavy atom. The van der Waals surface area contributed by atoms with E-state index in [2.05, 4.69) is 11.4 Å². The SMILES string of the molecule is CCOC(=O)CSC1=C(C#N)[C@@H](c2ccc(C)o2)CC(=O)N1. The highest BCUT2D eigenvalue weighted by molar-refractivity contribution is 8.03. The van der Waals surface area contributed by atoms with Gasteiger partial charge in [-0.3, -0.25) is 9.59 Å². The monoisotopic (exact) mass is 320 g/mol. The van der Waals surface area contributed by atoms with Gasteiger partial charge in [0, 0.05) is 6.42 Å². The predicted molar refractivity (Wildman–Crippen MR) is 80.7 cm³/mol. The zero-order valence-electron chi connectivity index (χ0n) is 12.3. The molecular formula is C15H16N2O4S. The van der Waals surface area contributed by atoms with Crippen LogP contribution in [0.2, 0.25) is 0 Å². The van der Waals surface area contributed by atoms with Gasteiger partial charge in [-0.2, -0.15) is 5.26 Å². The third-order valence-corrected chi connectivity index (χ3v) is 4.09. The van der Waals surface area contributed by atoms with Crippen LogP contribution >= 0.6 is 11.8 Å². The molecule has 116 valence electrons. The molecule has 1 aliphatic rings. The number of nitrogens with zero attached hydrogens (tertiary/aromatic N) is 1. The molecule has 1 aliphatic heterocycles. The summed E-state index contributed by atoms with van der Waals surface area (Å²) in [5.41, 5.74) is 0.406. The molecule has 0 saturated carbocycles. The van der Waals surface area contributed by atoms with Gasteiger partial charge in [0.2, 0.25) is 5.91 Å². The van der Waals surface area contributed by atoms with Crippen molar-refractivity contribution in [2.24, 2.45) is 0 Å². The van der Waals surface area contributed by atoms with Crippen LogP contribution in [-0.2, 0) is 14.3 Å². The minimum atomic E-state index is -0.419. The van der Waals surface area contributed by atoms with E-state index in [0.717, 1.165) is 17.5 Å². The number of nitrogens with one attached hydrogen (secondary N) is 1. The molecule has 7 heteroatoms. The maximum absolute atomic E-state index is 11.9. The summed E-state index contributed by atoms with van der Waals surface area (Å²) in [6.07, 6.45) is 0.152. The Morgan fingerprint density at radius 2 is 2.36 bits per heavy atom. The van der Waals surface area contributed by atoms with Gasteiger partial charge in [0.1, 0.15) is 11.5 Å². The van der Waals surface area contributed by atoms with E-state index in [0.29, 0.717) is 23.0 Å². The number of aryl methyl sites for hydroxylation is 1. The number of amides is 1. The number of esters is 1. The molecule has 6 nitrogen and oxygen atoms in total. The van der Waals surface area contributed by atoms with Gasteiger partial charge in [0.05, 0.1) is 34.9 Å². The number of hydrogen-bond donors (Lipinski definition) is 1. The van der Waals surface area contributed by atoms with Crippen LogP contribution in [-0.4, -0.2) is 24.2 Å². The van der Waals surface area contributed by atoms with Gasteiger partial charge in [-0.05, 0) is 26.0 Å². The Kier molecular flexibility index (Phi) is 5.28. The van der Waals surface area contributed by atoms with E-state index < -0.39 is 5.92 Å². The van der Waals surface area contributed by atoms with E-state index in [1.54, 1.807) is 26.0 Å². The van der Waals surface area contributed by atoms with Crippen LogP contribution in [0.25, 0.3) is 0 Å². The third kappa shape index (κ3) is 3.71. The number of thioether (sulfide) groups is 1. The van der Waals surface area contributed by atoms with Crippen molar-refractivity contribution in [1.82, 2.24) is 5.32 Å². The Balaban J connectivity index is 2.24. The van der Waals surface area contributed by atoms with Gasteiger partial charge >= 0.3 is 5.97 Å². The maximum atomic E-state index is 11.9. The summed E-state index contributed by atoms with van der Waals surface area (Å²) in [7, 11) is 0. The number of carbonyl (C=O) groups excluding carboxylic acids is 2. The van der Waals surface area contributed by atoms with E-state index in [1.165, 1.54) is 0 Å². The van der Waals surface area contributed by atoms with Crippen LogP contribution in [0.4, 0.5) is 0 Å². The van der Waals surface area contributed by atoms with Crippen LogP contribution in [0.15, 0.2) is 27.2 Å². The van der Waals surface area contributed by atoms with E-state index in [-0.39, 0.29) is 24.1 Å². The summed E-state index contributed by atoms with van der Waals surface area (Å²) < 4.78 is 10.4. The van der Waals surface area contributed by atoms with Gasteiger partial charge < -0.3 is 14.5 Å². The number of nitriles is 1. The number of hydrogen-bond acceptors (Lipinski definition) is 6. The predicted octanol–water partition coefficient (Wildman–Crippen LogP) is 2.22. The molecule has 1 amide bonds. The molecule has 0 aromatic carbocycles. The normalized spacial score (nSPS) is 17.9. The van der Waals surface area contributed by atoms with Crippen molar-refractivity contribution >= 4 is 23.6 Å². The van der Waals surface area contributed by atoms with E-state index in [9.17, 15) is 14.9 Å². The molecule has 22 heavy (non-hydrogen) atoms. The molecule has 2 rings (SSSR count).